The van der Waals surface area contributed by atoms with Crippen LogP contribution in [0, 0.1) is 0 Å². The predicted molar refractivity (Wildman–Crippen MR) is 113 cm³/mol. The number of thiazole rings is 1. The molecule has 1 aliphatic carbocycles. The summed E-state index contributed by atoms with van der Waals surface area (Å²) in [6.07, 6.45) is 4.41. The molecule has 0 atom stereocenters. The lowest BCUT2D eigenvalue weighted by Crippen LogP contribution is -2.19. The van der Waals surface area contributed by atoms with Crippen molar-refractivity contribution in [3.8, 4) is 0 Å². The molecular weight excluding hydrogens is 384 g/mol. The van der Waals surface area contributed by atoms with Gasteiger partial charge in [0.25, 0.3) is 5.56 Å². The summed E-state index contributed by atoms with van der Waals surface area (Å²) < 4.78 is 7.13. The molecule has 4 aromatic rings. The summed E-state index contributed by atoms with van der Waals surface area (Å²) in [6, 6.07) is 15.5. The number of ether oxygens (including phenoxy) is 1. The zero-order chi connectivity index (χ0) is 19.8. The molecule has 0 saturated heterocycles. The number of aryl methyl sites for hydroxylation is 2. The number of rotatable bonds is 4. The first-order chi connectivity index (χ1) is 14.2. The highest BCUT2D eigenvalue weighted by Gasteiger charge is 2.18. The Morgan fingerprint density at radius 2 is 1.90 bits per heavy atom. The number of carbonyl (C=O) groups is 1. The summed E-state index contributed by atoms with van der Waals surface area (Å²) in [5.74, 6) is -0.326. The van der Waals surface area contributed by atoms with E-state index < -0.39 is 0 Å². The SMILES string of the molecule is O=C(Cc1ccc2ccccc2c1)OCc1cc(=O)n2c3c(sc2n1)CCCC3. The molecule has 0 spiro atoms. The summed E-state index contributed by atoms with van der Waals surface area (Å²) in [5.41, 5.74) is 2.42. The van der Waals surface area contributed by atoms with Crippen LogP contribution in [0.3, 0.4) is 0 Å². The Bertz CT molecular complexity index is 1290. The Morgan fingerprint density at radius 3 is 2.79 bits per heavy atom. The topological polar surface area (TPSA) is 60.7 Å². The lowest BCUT2D eigenvalue weighted by atomic mass is 10.0. The molecule has 1 aliphatic rings. The quantitative estimate of drug-likeness (QED) is 0.481. The molecular formula is C23H20N2O3S. The van der Waals surface area contributed by atoms with Crippen LogP contribution in [0.1, 0.15) is 34.7 Å². The van der Waals surface area contributed by atoms with E-state index in [1.54, 1.807) is 15.7 Å². The summed E-state index contributed by atoms with van der Waals surface area (Å²) >= 11 is 1.58. The molecule has 0 aliphatic heterocycles. The number of aromatic nitrogens is 2. The van der Waals surface area contributed by atoms with Gasteiger partial charge in [0, 0.05) is 16.6 Å². The van der Waals surface area contributed by atoms with E-state index in [0.717, 1.165) is 47.7 Å². The molecule has 0 N–H and O–H groups in total. The van der Waals surface area contributed by atoms with Crippen LogP contribution < -0.4 is 5.56 Å². The van der Waals surface area contributed by atoms with Crippen LogP contribution in [-0.2, 0) is 35.4 Å². The van der Waals surface area contributed by atoms with Gasteiger partial charge >= 0.3 is 5.97 Å². The van der Waals surface area contributed by atoms with E-state index in [0.29, 0.717) is 10.7 Å². The summed E-state index contributed by atoms with van der Waals surface area (Å²) in [6.45, 7) is 0.0146. The summed E-state index contributed by atoms with van der Waals surface area (Å²) in [7, 11) is 0. The van der Waals surface area contributed by atoms with Crippen LogP contribution in [0.25, 0.3) is 15.7 Å². The van der Waals surface area contributed by atoms with E-state index in [2.05, 4.69) is 4.98 Å². The molecule has 5 rings (SSSR count). The first-order valence-electron chi connectivity index (χ1n) is 9.84. The van der Waals surface area contributed by atoms with Gasteiger partial charge in [0.15, 0.2) is 4.96 Å². The van der Waals surface area contributed by atoms with E-state index in [4.69, 9.17) is 4.74 Å². The molecule has 6 heteroatoms. The maximum Gasteiger partial charge on any atom is 0.310 e. The Labute approximate surface area is 171 Å². The summed E-state index contributed by atoms with van der Waals surface area (Å²) in [5, 5.41) is 2.24. The first-order valence-corrected chi connectivity index (χ1v) is 10.7. The lowest BCUT2D eigenvalue weighted by molar-refractivity contribution is -0.144. The number of fused-ring (bicyclic) bond motifs is 4. The van der Waals surface area contributed by atoms with Crippen LogP contribution in [0.4, 0.5) is 0 Å². The maximum atomic E-state index is 12.6. The third kappa shape index (κ3) is 3.56. The number of hydrogen-bond donors (Lipinski definition) is 0. The highest BCUT2D eigenvalue weighted by atomic mass is 32.1. The number of esters is 1. The van der Waals surface area contributed by atoms with Gasteiger partial charge in [-0.25, -0.2) is 4.98 Å². The minimum absolute atomic E-state index is 0.0146. The molecule has 0 fully saturated rings. The van der Waals surface area contributed by atoms with E-state index in [-0.39, 0.29) is 24.6 Å². The molecule has 2 heterocycles. The molecule has 2 aromatic carbocycles. The zero-order valence-electron chi connectivity index (χ0n) is 15.9. The molecule has 0 radical (unpaired) electrons. The minimum Gasteiger partial charge on any atom is -0.459 e. The Kier molecular flexibility index (Phi) is 4.64. The molecule has 5 nitrogen and oxygen atoms in total. The summed E-state index contributed by atoms with van der Waals surface area (Å²) in [4.78, 5) is 31.4. The van der Waals surface area contributed by atoms with E-state index in [9.17, 15) is 9.59 Å². The predicted octanol–water partition coefficient (Wildman–Crippen LogP) is 4.07. The van der Waals surface area contributed by atoms with Crippen LogP contribution in [0.2, 0.25) is 0 Å². The van der Waals surface area contributed by atoms with Crippen molar-refractivity contribution in [1.82, 2.24) is 9.38 Å². The third-order valence-corrected chi connectivity index (χ3v) is 6.50. The van der Waals surface area contributed by atoms with Gasteiger partial charge in [0.1, 0.15) is 6.61 Å². The van der Waals surface area contributed by atoms with Crippen molar-refractivity contribution >= 4 is 33.0 Å². The average molecular weight is 404 g/mol. The van der Waals surface area contributed by atoms with Crippen molar-refractivity contribution in [1.29, 1.82) is 0 Å². The van der Waals surface area contributed by atoms with Gasteiger partial charge in [0.2, 0.25) is 0 Å². The van der Waals surface area contributed by atoms with Crippen molar-refractivity contribution in [2.45, 2.75) is 38.7 Å². The van der Waals surface area contributed by atoms with Gasteiger partial charge in [-0.1, -0.05) is 42.5 Å². The fourth-order valence-corrected chi connectivity index (χ4v) is 5.17. The monoisotopic (exact) mass is 404 g/mol. The van der Waals surface area contributed by atoms with Crippen molar-refractivity contribution in [3.63, 3.8) is 0 Å². The van der Waals surface area contributed by atoms with Gasteiger partial charge in [-0.05, 0) is 42.0 Å². The van der Waals surface area contributed by atoms with E-state index in [1.165, 1.54) is 10.9 Å². The molecule has 2 aromatic heterocycles. The van der Waals surface area contributed by atoms with Gasteiger partial charge in [-0.2, -0.15) is 0 Å². The van der Waals surface area contributed by atoms with Gasteiger partial charge in [-0.3, -0.25) is 14.0 Å². The molecule has 0 unspecified atom stereocenters. The van der Waals surface area contributed by atoms with E-state index >= 15 is 0 Å². The standard InChI is InChI=1S/C23H20N2O3S/c26-21-13-18(24-23-25(21)19-7-3-4-8-20(19)29-23)14-28-22(27)12-15-9-10-16-5-1-2-6-17(16)11-15/h1-2,5-6,9-11,13H,3-4,7-8,12,14H2. The fraction of sp³-hybridized carbons (Fsp3) is 0.261. The number of nitrogens with zero attached hydrogens (tertiary/aromatic N) is 2. The highest BCUT2D eigenvalue weighted by molar-refractivity contribution is 7.17. The molecule has 146 valence electrons. The van der Waals surface area contributed by atoms with Crippen molar-refractivity contribution < 1.29 is 9.53 Å². The van der Waals surface area contributed by atoms with Crippen LogP contribution in [-0.4, -0.2) is 15.4 Å². The van der Waals surface area contributed by atoms with Gasteiger partial charge in [0.05, 0.1) is 12.1 Å². The molecule has 0 amide bonds. The smallest absolute Gasteiger partial charge is 0.310 e. The lowest BCUT2D eigenvalue weighted by Gasteiger charge is -2.10. The van der Waals surface area contributed by atoms with Crippen LogP contribution in [0.5, 0.6) is 0 Å². The van der Waals surface area contributed by atoms with E-state index in [1.807, 2.05) is 42.5 Å². The van der Waals surface area contributed by atoms with Crippen LogP contribution in [0.15, 0.2) is 53.3 Å². The largest absolute Gasteiger partial charge is 0.459 e. The minimum atomic E-state index is -0.326. The molecule has 29 heavy (non-hydrogen) atoms. The number of benzene rings is 2. The first kappa shape index (κ1) is 18.1. The second-order valence-corrected chi connectivity index (χ2v) is 8.46. The fourth-order valence-electron chi connectivity index (χ4n) is 3.94. The van der Waals surface area contributed by atoms with Crippen molar-refractivity contribution in [2.24, 2.45) is 0 Å². The second-order valence-electron chi connectivity index (χ2n) is 7.40. The van der Waals surface area contributed by atoms with Crippen molar-refractivity contribution in [3.05, 3.63) is 80.7 Å². The second kappa shape index (κ2) is 7.44. The van der Waals surface area contributed by atoms with Gasteiger partial charge < -0.3 is 4.74 Å². The zero-order valence-corrected chi connectivity index (χ0v) is 16.7. The maximum absolute atomic E-state index is 12.6. The Morgan fingerprint density at radius 1 is 1.07 bits per heavy atom. The van der Waals surface area contributed by atoms with Gasteiger partial charge in [-0.15, -0.1) is 11.3 Å². The normalized spacial score (nSPS) is 13.5. The number of hydrogen-bond acceptors (Lipinski definition) is 5. The average Bonchev–Trinajstić information content (AvgIpc) is 3.11. The Hall–Kier alpha value is -2.99. The third-order valence-electron chi connectivity index (χ3n) is 5.36. The molecule has 0 bridgehead atoms. The van der Waals surface area contributed by atoms with Crippen molar-refractivity contribution in [2.75, 3.05) is 0 Å². The van der Waals surface area contributed by atoms with Crippen LogP contribution >= 0.6 is 11.3 Å². The number of carbonyl (C=O) groups excluding carboxylic acids is 1. The highest BCUT2D eigenvalue weighted by Crippen LogP contribution is 2.28. The molecule has 0 saturated carbocycles. The Balaban J connectivity index is 1.30.